The molecule has 1 N–H and O–H groups in total. The van der Waals surface area contributed by atoms with Crippen LogP contribution in [0.5, 0.6) is 0 Å². The molecule has 0 saturated heterocycles. The smallest absolute Gasteiger partial charge is 0.243 e. The van der Waals surface area contributed by atoms with Crippen LogP contribution in [0.4, 0.5) is 5.95 Å². The SMILES string of the molecule is Cc1cccn2nc(NCCN(C)C)nc12. The van der Waals surface area contributed by atoms with Gasteiger partial charge in [-0.3, -0.25) is 0 Å². The third-order valence-electron chi connectivity index (χ3n) is 2.40. The highest BCUT2D eigenvalue weighted by atomic mass is 15.3. The Morgan fingerprint density at radius 3 is 2.94 bits per heavy atom. The number of pyridine rings is 1. The number of aryl methyl sites for hydroxylation is 1. The standard InChI is InChI=1S/C11H17N5/c1-9-5-4-7-16-10(9)13-11(14-16)12-6-8-15(2)3/h4-5,7H,6,8H2,1-3H3,(H,12,14). The average molecular weight is 219 g/mol. The molecule has 0 aliphatic heterocycles. The van der Waals surface area contributed by atoms with Gasteiger partial charge in [-0.05, 0) is 32.6 Å². The van der Waals surface area contributed by atoms with Gasteiger partial charge in [-0.2, -0.15) is 4.98 Å². The number of nitrogens with one attached hydrogen (secondary N) is 1. The second-order valence-corrected chi connectivity index (χ2v) is 4.12. The topological polar surface area (TPSA) is 45.5 Å². The molecule has 0 bridgehead atoms. The summed E-state index contributed by atoms with van der Waals surface area (Å²) in [4.78, 5) is 6.55. The van der Waals surface area contributed by atoms with Crippen LogP contribution >= 0.6 is 0 Å². The normalized spacial score (nSPS) is 11.2. The fourth-order valence-corrected chi connectivity index (χ4v) is 1.51. The largest absolute Gasteiger partial charge is 0.352 e. The maximum atomic E-state index is 4.43. The minimum atomic E-state index is 0.691. The summed E-state index contributed by atoms with van der Waals surface area (Å²) in [5, 5.41) is 7.55. The highest BCUT2D eigenvalue weighted by molar-refractivity contribution is 5.49. The van der Waals surface area contributed by atoms with E-state index in [0.717, 1.165) is 24.3 Å². The molecular weight excluding hydrogens is 202 g/mol. The summed E-state index contributed by atoms with van der Waals surface area (Å²) >= 11 is 0. The van der Waals surface area contributed by atoms with E-state index in [9.17, 15) is 0 Å². The summed E-state index contributed by atoms with van der Waals surface area (Å²) < 4.78 is 1.80. The Hall–Kier alpha value is -1.62. The van der Waals surface area contributed by atoms with Crippen LogP contribution in [0.15, 0.2) is 18.3 Å². The molecule has 86 valence electrons. The first kappa shape index (κ1) is 10.9. The maximum absolute atomic E-state index is 4.43. The minimum Gasteiger partial charge on any atom is -0.352 e. The van der Waals surface area contributed by atoms with E-state index >= 15 is 0 Å². The first-order valence-electron chi connectivity index (χ1n) is 5.37. The molecule has 0 radical (unpaired) electrons. The maximum Gasteiger partial charge on any atom is 0.243 e. The molecular formula is C11H17N5. The first-order valence-corrected chi connectivity index (χ1v) is 5.37. The number of rotatable bonds is 4. The van der Waals surface area contributed by atoms with Crippen molar-refractivity contribution in [3.63, 3.8) is 0 Å². The van der Waals surface area contributed by atoms with Gasteiger partial charge in [-0.1, -0.05) is 6.07 Å². The summed E-state index contributed by atoms with van der Waals surface area (Å²) in [6.45, 7) is 3.85. The lowest BCUT2D eigenvalue weighted by Crippen LogP contribution is -2.21. The molecule has 0 saturated carbocycles. The number of aromatic nitrogens is 3. The van der Waals surface area contributed by atoms with Gasteiger partial charge < -0.3 is 10.2 Å². The third-order valence-corrected chi connectivity index (χ3v) is 2.40. The van der Waals surface area contributed by atoms with Crippen molar-refractivity contribution >= 4 is 11.6 Å². The Balaban J connectivity index is 2.11. The highest BCUT2D eigenvalue weighted by Crippen LogP contribution is 2.09. The molecule has 0 aliphatic rings. The zero-order valence-electron chi connectivity index (χ0n) is 9.94. The molecule has 0 amide bonds. The van der Waals surface area contributed by atoms with Crippen molar-refractivity contribution in [1.29, 1.82) is 0 Å². The summed E-state index contributed by atoms with van der Waals surface area (Å²) in [6.07, 6.45) is 1.91. The van der Waals surface area contributed by atoms with Crippen LogP contribution in [0.2, 0.25) is 0 Å². The number of hydrogen-bond acceptors (Lipinski definition) is 4. The van der Waals surface area contributed by atoms with E-state index in [1.165, 1.54) is 0 Å². The van der Waals surface area contributed by atoms with Crippen molar-refractivity contribution in [1.82, 2.24) is 19.5 Å². The molecule has 0 atom stereocenters. The van der Waals surface area contributed by atoms with Crippen molar-refractivity contribution in [2.75, 3.05) is 32.5 Å². The van der Waals surface area contributed by atoms with Gasteiger partial charge in [0, 0.05) is 19.3 Å². The van der Waals surface area contributed by atoms with Crippen molar-refractivity contribution in [3.05, 3.63) is 23.9 Å². The molecule has 16 heavy (non-hydrogen) atoms. The van der Waals surface area contributed by atoms with Crippen molar-refractivity contribution < 1.29 is 0 Å². The van der Waals surface area contributed by atoms with Gasteiger partial charge in [0.25, 0.3) is 0 Å². The molecule has 5 nitrogen and oxygen atoms in total. The van der Waals surface area contributed by atoms with Crippen molar-refractivity contribution in [2.45, 2.75) is 6.92 Å². The molecule has 0 unspecified atom stereocenters. The van der Waals surface area contributed by atoms with Crippen molar-refractivity contribution in [3.8, 4) is 0 Å². The number of anilines is 1. The second kappa shape index (κ2) is 4.49. The lowest BCUT2D eigenvalue weighted by molar-refractivity contribution is 0.425. The average Bonchev–Trinajstić information content (AvgIpc) is 2.61. The highest BCUT2D eigenvalue weighted by Gasteiger charge is 2.04. The fraction of sp³-hybridized carbons (Fsp3) is 0.455. The Kier molecular flexibility index (Phi) is 3.05. The number of fused-ring (bicyclic) bond motifs is 1. The van der Waals surface area contributed by atoms with Crippen LogP contribution in [0.3, 0.4) is 0 Å². The van der Waals surface area contributed by atoms with Gasteiger partial charge in [0.2, 0.25) is 5.95 Å². The molecule has 2 aromatic heterocycles. The van der Waals surface area contributed by atoms with E-state index < -0.39 is 0 Å². The van der Waals surface area contributed by atoms with Gasteiger partial charge in [-0.15, -0.1) is 5.10 Å². The van der Waals surface area contributed by atoms with E-state index in [1.54, 1.807) is 4.52 Å². The first-order chi connectivity index (χ1) is 7.66. The van der Waals surface area contributed by atoms with Gasteiger partial charge in [0.05, 0.1) is 0 Å². The van der Waals surface area contributed by atoms with Crippen LogP contribution in [0, 0.1) is 6.92 Å². The molecule has 0 aliphatic carbocycles. The van der Waals surface area contributed by atoms with Crippen LogP contribution in [0.25, 0.3) is 5.65 Å². The quantitative estimate of drug-likeness (QED) is 0.833. The molecule has 0 spiro atoms. The molecule has 2 rings (SSSR count). The molecule has 0 fully saturated rings. The summed E-state index contributed by atoms with van der Waals surface area (Å²) in [7, 11) is 4.09. The minimum absolute atomic E-state index is 0.691. The molecule has 0 aromatic carbocycles. The number of nitrogens with zero attached hydrogens (tertiary/aromatic N) is 4. The molecule has 5 heteroatoms. The Labute approximate surface area is 95.1 Å². The van der Waals surface area contributed by atoms with E-state index in [-0.39, 0.29) is 0 Å². The Morgan fingerprint density at radius 2 is 2.25 bits per heavy atom. The van der Waals surface area contributed by atoms with Gasteiger partial charge >= 0.3 is 0 Å². The van der Waals surface area contributed by atoms with E-state index in [0.29, 0.717) is 5.95 Å². The fourth-order valence-electron chi connectivity index (χ4n) is 1.51. The van der Waals surface area contributed by atoms with Gasteiger partial charge in [0.1, 0.15) is 0 Å². The summed E-state index contributed by atoms with van der Waals surface area (Å²) in [5.41, 5.74) is 2.05. The molecule has 2 aromatic rings. The Morgan fingerprint density at radius 1 is 1.44 bits per heavy atom. The lowest BCUT2D eigenvalue weighted by Gasteiger charge is -2.08. The Bertz CT molecular complexity index is 474. The van der Waals surface area contributed by atoms with E-state index in [4.69, 9.17) is 0 Å². The van der Waals surface area contributed by atoms with Crippen LogP contribution in [0.1, 0.15) is 5.56 Å². The van der Waals surface area contributed by atoms with E-state index in [1.807, 2.05) is 39.3 Å². The lowest BCUT2D eigenvalue weighted by atomic mass is 10.3. The van der Waals surface area contributed by atoms with Crippen LogP contribution in [-0.4, -0.2) is 46.7 Å². The number of hydrogen-bond donors (Lipinski definition) is 1. The van der Waals surface area contributed by atoms with Gasteiger partial charge in [0.15, 0.2) is 5.65 Å². The van der Waals surface area contributed by atoms with Gasteiger partial charge in [-0.25, -0.2) is 4.52 Å². The van der Waals surface area contributed by atoms with Crippen LogP contribution in [-0.2, 0) is 0 Å². The van der Waals surface area contributed by atoms with Crippen molar-refractivity contribution in [2.24, 2.45) is 0 Å². The van der Waals surface area contributed by atoms with Crippen LogP contribution < -0.4 is 5.32 Å². The zero-order valence-corrected chi connectivity index (χ0v) is 9.94. The predicted molar refractivity (Wildman–Crippen MR) is 64.8 cm³/mol. The zero-order chi connectivity index (χ0) is 11.5. The summed E-state index contributed by atoms with van der Waals surface area (Å²) in [6, 6.07) is 4.01. The van der Waals surface area contributed by atoms with E-state index in [2.05, 4.69) is 20.3 Å². The monoisotopic (exact) mass is 219 g/mol. The predicted octanol–water partition coefficient (Wildman–Crippen LogP) is 1.01. The molecule has 2 heterocycles. The number of likely N-dealkylation sites (N-methyl/N-ethyl adjacent to an activating group) is 1. The summed E-state index contributed by atoms with van der Waals surface area (Å²) in [5.74, 6) is 0.691. The third kappa shape index (κ3) is 2.30. The second-order valence-electron chi connectivity index (χ2n) is 4.12.